The number of nitrogens with two attached hydrogens (primary N) is 1. The summed E-state index contributed by atoms with van der Waals surface area (Å²) >= 11 is 0. The molecule has 0 aromatic heterocycles. The van der Waals surface area contributed by atoms with E-state index in [-0.39, 0.29) is 30.4 Å². The first kappa shape index (κ1) is 14.3. The van der Waals surface area contributed by atoms with Gasteiger partial charge in [0.25, 0.3) is 0 Å². The molecule has 6 nitrogen and oxygen atoms in total. The van der Waals surface area contributed by atoms with Crippen LogP contribution in [0.15, 0.2) is 0 Å². The van der Waals surface area contributed by atoms with E-state index in [0.29, 0.717) is 13.2 Å². The van der Waals surface area contributed by atoms with Crippen molar-refractivity contribution in [3.8, 4) is 0 Å². The van der Waals surface area contributed by atoms with Gasteiger partial charge in [-0.05, 0) is 25.3 Å². The van der Waals surface area contributed by atoms with Crippen molar-refractivity contribution in [3.05, 3.63) is 0 Å². The molecule has 1 amide bonds. The number of ether oxygens (including phenoxy) is 1. The molecule has 2 aliphatic rings. The maximum Gasteiger partial charge on any atom is 0.311 e. The Morgan fingerprint density at radius 2 is 2.05 bits per heavy atom. The van der Waals surface area contributed by atoms with E-state index in [1.54, 1.807) is 11.9 Å². The van der Waals surface area contributed by atoms with Gasteiger partial charge in [-0.1, -0.05) is 6.42 Å². The van der Waals surface area contributed by atoms with E-state index in [2.05, 4.69) is 0 Å². The van der Waals surface area contributed by atoms with Crippen LogP contribution in [0.2, 0.25) is 0 Å². The molecule has 0 aromatic rings. The second-order valence-electron chi connectivity index (χ2n) is 5.53. The summed E-state index contributed by atoms with van der Waals surface area (Å²) in [5.74, 6) is -1.31. The fourth-order valence-electron chi connectivity index (χ4n) is 3.23. The number of carbonyl (C=O) groups is 2. The highest BCUT2D eigenvalue weighted by Crippen LogP contribution is 2.33. The second-order valence-corrected chi connectivity index (χ2v) is 5.53. The van der Waals surface area contributed by atoms with Crippen molar-refractivity contribution >= 4 is 11.9 Å². The third-order valence-corrected chi connectivity index (χ3v) is 4.49. The summed E-state index contributed by atoms with van der Waals surface area (Å²) < 4.78 is 5.22. The minimum Gasteiger partial charge on any atom is -0.481 e. The van der Waals surface area contributed by atoms with Crippen LogP contribution in [-0.2, 0) is 14.3 Å². The van der Waals surface area contributed by atoms with E-state index in [9.17, 15) is 9.59 Å². The zero-order valence-electron chi connectivity index (χ0n) is 11.2. The first-order valence-electron chi connectivity index (χ1n) is 6.83. The van der Waals surface area contributed by atoms with Crippen molar-refractivity contribution in [2.75, 3.05) is 26.8 Å². The summed E-state index contributed by atoms with van der Waals surface area (Å²) in [6.45, 7) is 1.01. The Kier molecular flexibility index (Phi) is 4.42. The van der Waals surface area contributed by atoms with Crippen LogP contribution < -0.4 is 5.73 Å². The lowest BCUT2D eigenvalue weighted by Gasteiger charge is -2.30. The van der Waals surface area contributed by atoms with Crippen molar-refractivity contribution in [1.82, 2.24) is 4.90 Å². The van der Waals surface area contributed by atoms with E-state index in [1.165, 1.54) is 0 Å². The van der Waals surface area contributed by atoms with Gasteiger partial charge in [0.15, 0.2) is 0 Å². The molecule has 1 heterocycles. The Hall–Kier alpha value is -1.14. The fourth-order valence-corrected chi connectivity index (χ4v) is 3.23. The van der Waals surface area contributed by atoms with Crippen molar-refractivity contribution in [2.45, 2.75) is 25.3 Å². The SMILES string of the molecule is CN(C(=O)C1CCCC1CN)C1COCC1C(=O)O. The van der Waals surface area contributed by atoms with Crippen LogP contribution in [-0.4, -0.2) is 54.7 Å². The molecule has 3 N–H and O–H groups in total. The molecule has 2 fully saturated rings. The predicted octanol–water partition coefficient (Wildman–Crippen LogP) is -0.0806. The molecule has 0 aromatic carbocycles. The number of likely N-dealkylation sites (N-methyl/N-ethyl adjacent to an activating group) is 1. The zero-order chi connectivity index (χ0) is 14.0. The minimum atomic E-state index is -0.899. The largest absolute Gasteiger partial charge is 0.481 e. The number of hydrogen-bond acceptors (Lipinski definition) is 4. The molecule has 1 aliphatic heterocycles. The number of nitrogens with zero attached hydrogens (tertiary/aromatic N) is 1. The van der Waals surface area contributed by atoms with E-state index >= 15 is 0 Å². The standard InChI is InChI=1S/C13H22N2O4/c1-15(11-7-19-6-10(11)13(17)18)12(16)9-4-2-3-8(9)5-14/h8-11H,2-7,14H2,1H3,(H,17,18). The van der Waals surface area contributed by atoms with Gasteiger partial charge >= 0.3 is 5.97 Å². The monoisotopic (exact) mass is 270 g/mol. The molecule has 4 unspecified atom stereocenters. The average molecular weight is 270 g/mol. The summed E-state index contributed by atoms with van der Waals surface area (Å²) in [5, 5.41) is 9.14. The van der Waals surface area contributed by atoms with Crippen molar-refractivity contribution in [2.24, 2.45) is 23.5 Å². The van der Waals surface area contributed by atoms with Crippen LogP contribution in [0.25, 0.3) is 0 Å². The first-order valence-corrected chi connectivity index (χ1v) is 6.83. The fraction of sp³-hybridized carbons (Fsp3) is 0.846. The lowest BCUT2D eigenvalue weighted by molar-refractivity contribution is -0.145. The number of aliphatic carboxylic acids is 1. The van der Waals surface area contributed by atoms with Crippen LogP contribution in [0.4, 0.5) is 0 Å². The maximum absolute atomic E-state index is 12.5. The van der Waals surface area contributed by atoms with Gasteiger partial charge < -0.3 is 20.5 Å². The van der Waals surface area contributed by atoms with Crippen molar-refractivity contribution in [1.29, 1.82) is 0 Å². The molecule has 2 rings (SSSR count). The maximum atomic E-state index is 12.5. The van der Waals surface area contributed by atoms with Gasteiger partial charge in [-0.25, -0.2) is 0 Å². The van der Waals surface area contributed by atoms with Crippen molar-refractivity contribution in [3.63, 3.8) is 0 Å². The highest BCUT2D eigenvalue weighted by molar-refractivity contribution is 5.81. The lowest BCUT2D eigenvalue weighted by Crippen LogP contribution is -2.47. The van der Waals surface area contributed by atoms with Gasteiger partial charge in [0.05, 0.1) is 19.3 Å². The van der Waals surface area contributed by atoms with Gasteiger partial charge in [0.1, 0.15) is 5.92 Å². The van der Waals surface area contributed by atoms with Crippen LogP contribution in [0.3, 0.4) is 0 Å². The molecular weight excluding hydrogens is 248 g/mol. The quantitative estimate of drug-likeness (QED) is 0.745. The number of carboxylic acid groups (broad SMARTS) is 1. The lowest BCUT2D eigenvalue weighted by atomic mass is 9.93. The van der Waals surface area contributed by atoms with E-state index in [4.69, 9.17) is 15.6 Å². The molecular formula is C13H22N2O4. The van der Waals surface area contributed by atoms with Crippen LogP contribution in [0.5, 0.6) is 0 Å². The molecule has 0 bridgehead atoms. The molecule has 108 valence electrons. The van der Waals surface area contributed by atoms with Crippen LogP contribution >= 0.6 is 0 Å². The van der Waals surface area contributed by atoms with Crippen molar-refractivity contribution < 1.29 is 19.4 Å². The normalized spacial score (nSPS) is 34.4. The number of carboxylic acids is 1. The summed E-state index contributed by atoms with van der Waals surface area (Å²) in [6, 6.07) is -0.357. The highest BCUT2D eigenvalue weighted by Gasteiger charge is 2.42. The van der Waals surface area contributed by atoms with Gasteiger partial charge in [-0.3, -0.25) is 9.59 Å². The Bertz CT molecular complexity index is 361. The molecule has 1 aliphatic carbocycles. The zero-order valence-corrected chi connectivity index (χ0v) is 11.2. The molecule has 4 atom stereocenters. The first-order chi connectivity index (χ1) is 9.06. The summed E-state index contributed by atoms with van der Waals surface area (Å²) in [5.41, 5.74) is 5.70. The molecule has 0 radical (unpaired) electrons. The molecule has 1 saturated heterocycles. The van der Waals surface area contributed by atoms with Gasteiger partial charge in [-0.15, -0.1) is 0 Å². The number of hydrogen-bond donors (Lipinski definition) is 2. The molecule has 0 spiro atoms. The highest BCUT2D eigenvalue weighted by atomic mass is 16.5. The van der Waals surface area contributed by atoms with Crippen LogP contribution in [0, 0.1) is 17.8 Å². The Labute approximate surface area is 112 Å². The van der Waals surface area contributed by atoms with E-state index < -0.39 is 11.9 Å². The van der Waals surface area contributed by atoms with E-state index in [1.807, 2.05) is 0 Å². The van der Waals surface area contributed by atoms with E-state index in [0.717, 1.165) is 19.3 Å². The third-order valence-electron chi connectivity index (χ3n) is 4.49. The second kappa shape index (κ2) is 5.88. The van der Waals surface area contributed by atoms with Crippen LogP contribution in [0.1, 0.15) is 19.3 Å². The molecule has 1 saturated carbocycles. The summed E-state index contributed by atoms with van der Waals surface area (Å²) in [6.07, 6.45) is 2.87. The minimum absolute atomic E-state index is 0.0229. The van der Waals surface area contributed by atoms with Gasteiger partial charge in [0, 0.05) is 13.0 Å². The Balaban J connectivity index is 2.04. The van der Waals surface area contributed by atoms with Gasteiger partial charge in [-0.2, -0.15) is 0 Å². The summed E-state index contributed by atoms with van der Waals surface area (Å²) in [4.78, 5) is 25.2. The smallest absolute Gasteiger partial charge is 0.311 e. The topological polar surface area (TPSA) is 92.9 Å². The average Bonchev–Trinajstić information content (AvgIpc) is 3.04. The number of amides is 1. The summed E-state index contributed by atoms with van der Waals surface area (Å²) in [7, 11) is 1.68. The number of carbonyl (C=O) groups excluding carboxylic acids is 1. The molecule has 6 heteroatoms. The Morgan fingerprint density at radius 3 is 2.68 bits per heavy atom. The molecule has 19 heavy (non-hydrogen) atoms. The van der Waals surface area contributed by atoms with Gasteiger partial charge in [0.2, 0.25) is 5.91 Å². The number of rotatable bonds is 4. The predicted molar refractivity (Wildman–Crippen MR) is 68.4 cm³/mol. The Morgan fingerprint density at radius 1 is 1.32 bits per heavy atom. The third kappa shape index (κ3) is 2.74.